The summed E-state index contributed by atoms with van der Waals surface area (Å²) in [6.45, 7) is 1.71. The zero-order valence-electron chi connectivity index (χ0n) is 6.09. The van der Waals surface area contributed by atoms with Crippen LogP contribution in [0.2, 0.25) is 0 Å². The van der Waals surface area contributed by atoms with Crippen LogP contribution in [0.1, 0.15) is 13.3 Å². The third kappa shape index (κ3) is 1.13. The summed E-state index contributed by atoms with van der Waals surface area (Å²) in [5.74, 6) is -1.10. The molecule has 1 fully saturated rings. The molecule has 0 radical (unpaired) electrons. The van der Waals surface area contributed by atoms with Crippen LogP contribution >= 0.6 is 0 Å². The fourth-order valence-corrected chi connectivity index (χ4v) is 0.932. The number of nitrogens with one attached hydrogen (secondary N) is 1. The largest absolute Gasteiger partial charge is 0.478 e. The highest BCUT2D eigenvalue weighted by Crippen LogP contribution is 2.19. The number of carboxylic acid groups (broad SMARTS) is 1. The standard InChI is InChI=1S/C6H9NO4/c1-2-6(4(8)9)3-7-5(10)11-6/h2-3H2,1H3,(H,7,10)(H,8,9). The fourth-order valence-electron chi connectivity index (χ4n) is 0.932. The molecule has 1 unspecified atom stereocenters. The number of cyclic esters (lactones) is 1. The Morgan fingerprint density at radius 3 is 2.73 bits per heavy atom. The van der Waals surface area contributed by atoms with Gasteiger partial charge in [-0.15, -0.1) is 0 Å². The summed E-state index contributed by atoms with van der Waals surface area (Å²) in [6.07, 6.45) is -0.379. The molecule has 2 N–H and O–H groups in total. The second kappa shape index (κ2) is 2.41. The molecule has 11 heavy (non-hydrogen) atoms. The Morgan fingerprint density at radius 2 is 2.55 bits per heavy atom. The molecule has 62 valence electrons. The molecule has 1 saturated heterocycles. The molecule has 1 heterocycles. The van der Waals surface area contributed by atoms with Crippen molar-refractivity contribution in [3.05, 3.63) is 0 Å². The highest BCUT2D eigenvalue weighted by molar-refractivity contribution is 5.85. The first-order chi connectivity index (χ1) is 5.10. The minimum absolute atomic E-state index is 0.0532. The van der Waals surface area contributed by atoms with Gasteiger partial charge in [-0.1, -0.05) is 6.92 Å². The summed E-state index contributed by atoms with van der Waals surface area (Å²) in [4.78, 5) is 21.1. The Morgan fingerprint density at radius 1 is 1.91 bits per heavy atom. The summed E-state index contributed by atoms with van der Waals surface area (Å²) < 4.78 is 4.61. The van der Waals surface area contributed by atoms with E-state index in [0.717, 1.165) is 0 Å². The number of hydrogen-bond donors (Lipinski definition) is 2. The van der Waals surface area contributed by atoms with Crippen molar-refractivity contribution >= 4 is 12.1 Å². The Bertz CT molecular complexity index is 203. The van der Waals surface area contributed by atoms with Gasteiger partial charge in [0, 0.05) is 0 Å². The van der Waals surface area contributed by atoms with E-state index in [4.69, 9.17) is 5.11 Å². The smallest absolute Gasteiger partial charge is 0.408 e. The second-order valence-electron chi connectivity index (χ2n) is 2.40. The Labute approximate surface area is 63.3 Å². The summed E-state index contributed by atoms with van der Waals surface area (Å²) in [6, 6.07) is 0. The van der Waals surface area contributed by atoms with Gasteiger partial charge in [-0.05, 0) is 6.42 Å². The van der Waals surface area contributed by atoms with Gasteiger partial charge in [0.25, 0.3) is 0 Å². The highest BCUT2D eigenvalue weighted by Gasteiger charge is 2.45. The molecule has 5 nitrogen and oxygen atoms in total. The number of alkyl carbamates (subject to hydrolysis) is 1. The van der Waals surface area contributed by atoms with Crippen LogP contribution in [-0.4, -0.2) is 29.3 Å². The van der Waals surface area contributed by atoms with Gasteiger partial charge in [-0.2, -0.15) is 0 Å². The molecule has 0 aliphatic carbocycles. The Hall–Kier alpha value is -1.26. The van der Waals surface area contributed by atoms with Crippen molar-refractivity contribution < 1.29 is 19.4 Å². The summed E-state index contributed by atoms with van der Waals surface area (Å²) in [7, 11) is 0. The van der Waals surface area contributed by atoms with Crippen LogP contribution in [0.5, 0.6) is 0 Å². The molecule has 1 atom stereocenters. The maximum Gasteiger partial charge on any atom is 0.408 e. The van der Waals surface area contributed by atoms with E-state index in [1.807, 2.05) is 0 Å². The maximum atomic E-state index is 10.6. The molecule has 1 amide bonds. The Kier molecular flexibility index (Phi) is 1.72. The first kappa shape index (κ1) is 7.84. The zero-order valence-corrected chi connectivity index (χ0v) is 6.09. The van der Waals surface area contributed by atoms with Crippen LogP contribution in [-0.2, 0) is 9.53 Å². The van der Waals surface area contributed by atoms with Crippen molar-refractivity contribution in [1.82, 2.24) is 5.32 Å². The summed E-state index contributed by atoms with van der Waals surface area (Å²) >= 11 is 0. The number of carbonyl (C=O) groups excluding carboxylic acids is 1. The quantitative estimate of drug-likeness (QED) is 0.592. The van der Waals surface area contributed by atoms with Gasteiger partial charge < -0.3 is 15.2 Å². The van der Waals surface area contributed by atoms with Crippen LogP contribution in [0.3, 0.4) is 0 Å². The molecule has 0 aromatic carbocycles. The lowest BCUT2D eigenvalue weighted by atomic mass is 10.0. The van der Waals surface area contributed by atoms with Gasteiger partial charge in [0.05, 0.1) is 6.54 Å². The topological polar surface area (TPSA) is 75.6 Å². The average molecular weight is 159 g/mol. The van der Waals surface area contributed by atoms with Crippen LogP contribution in [0.4, 0.5) is 4.79 Å². The zero-order chi connectivity index (χ0) is 8.48. The summed E-state index contributed by atoms with van der Waals surface area (Å²) in [5.41, 5.74) is -1.34. The normalized spacial score (nSPS) is 29.4. The van der Waals surface area contributed by atoms with Crippen LogP contribution in [0, 0.1) is 0 Å². The number of rotatable bonds is 2. The van der Waals surface area contributed by atoms with E-state index < -0.39 is 17.7 Å². The summed E-state index contributed by atoms with van der Waals surface area (Å²) in [5, 5.41) is 11.0. The van der Waals surface area contributed by atoms with Crippen molar-refractivity contribution in [2.24, 2.45) is 0 Å². The number of ether oxygens (including phenoxy) is 1. The minimum atomic E-state index is -1.34. The lowest BCUT2D eigenvalue weighted by molar-refractivity contribution is -0.154. The predicted octanol–water partition coefficient (Wildman–Crippen LogP) is -0.0404. The van der Waals surface area contributed by atoms with E-state index in [2.05, 4.69) is 10.1 Å². The van der Waals surface area contributed by atoms with Gasteiger partial charge in [-0.3, -0.25) is 0 Å². The number of carbonyl (C=O) groups is 2. The number of amides is 1. The van der Waals surface area contributed by atoms with E-state index in [-0.39, 0.29) is 13.0 Å². The minimum Gasteiger partial charge on any atom is -0.478 e. The molecule has 0 saturated carbocycles. The number of aliphatic carboxylic acids is 1. The van der Waals surface area contributed by atoms with Gasteiger partial charge in [0.1, 0.15) is 0 Å². The lowest BCUT2D eigenvalue weighted by Crippen LogP contribution is -2.41. The lowest BCUT2D eigenvalue weighted by Gasteiger charge is -2.18. The maximum absolute atomic E-state index is 10.6. The van der Waals surface area contributed by atoms with Gasteiger partial charge in [0.2, 0.25) is 5.60 Å². The monoisotopic (exact) mass is 159 g/mol. The van der Waals surface area contributed by atoms with E-state index in [0.29, 0.717) is 0 Å². The third-order valence-electron chi connectivity index (χ3n) is 1.77. The van der Waals surface area contributed by atoms with E-state index in [9.17, 15) is 9.59 Å². The third-order valence-corrected chi connectivity index (χ3v) is 1.77. The van der Waals surface area contributed by atoms with Gasteiger partial charge in [0.15, 0.2) is 0 Å². The molecule has 1 rings (SSSR count). The van der Waals surface area contributed by atoms with Crippen molar-refractivity contribution in [3.8, 4) is 0 Å². The molecular weight excluding hydrogens is 150 g/mol. The van der Waals surface area contributed by atoms with E-state index in [1.54, 1.807) is 6.92 Å². The van der Waals surface area contributed by atoms with Crippen LogP contribution < -0.4 is 5.32 Å². The van der Waals surface area contributed by atoms with Crippen LogP contribution in [0.15, 0.2) is 0 Å². The number of carboxylic acids is 1. The first-order valence-corrected chi connectivity index (χ1v) is 3.31. The Balaban J connectivity index is 2.78. The molecule has 0 aromatic heterocycles. The van der Waals surface area contributed by atoms with Crippen molar-refractivity contribution in [2.75, 3.05) is 6.54 Å². The van der Waals surface area contributed by atoms with Crippen molar-refractivity contribution in [3.63, 3.8) is 0 Å². The highest BCUT2D eigenvalue weighted by atomic mass is 16.6. The molecule has 0 bridgehead atoms. The van der Waals surface area contributed by atoms with E-state index in [1.165, 1.54) is 0 Å². The van der Waals surface area contributed by atoms with Crippen LogP contribution in [0.25, 0.3) is 0 Å². The van der Waals surface area contributed by atoms with E-state index >= 15 is 0 Å². The average Bonchev–Trinajstić information content (AvgIpc) is 2.33. The molecule has 0 aromatic rings. The molecule has 1 aliphatic rings. The molecular formula is C6H9NO4. The predicted molar refractivity (Wildman–Crippen MR) is 35.1 cm³/mol. The second-order valence-corrected chi connectivity index (χ2v) is 2.40. The van der Waals surface area contributed by atoms with Crippen molar-refractivity contribution in [2.45, 2.75) is 18.9 Å². The number of hydrogen-bond acceptors (Lipinski definition) is 3. The van der Waals surface area contributed by atoms with Gasteiger partial charge >= 0.3 is 12.1 Å². The first-order valence-electron chi connectivity index (χ1n) is 3.31. The fraction of sp³-hybridized carbons (Fsp3) is 0.667. The molecule has 1 aliphatic heterocycles. The molecule has 0 spiro atoms. The SMILES string of the molecule is CCC1(C(=O)O)CNC(=O)O1. The van der Waals surface area contributed by atoms with Crippen molar-refractivity contribution in [1.29, 1.82) is 0 Å². The van der Waals surface area contributed by atoms with Gasteiger partial charge in [-0.25, -0.2) is 9.59 Å². The molecule has 5 heteroatoms.